The van der Waals surface area contributed by atoms with Gasteiger partial charge in [-0.3, -0.25) is 15.5 Å². The van der Waals surface area contributed by atoms with Gasteiger partial charge in [-0.15, -0.1) is 0 Å². The van der Waals surface area contributed by atoms with Crippen LogP contribution < -0.4 is 10.2 Å². The van der Waals surface area contributed by atoms with Crippen LogP contribution in [0.1, 0.15) is 16.7 Å². The normalized spacial score (nSPS) is 10.5. The van der Waals surface area contributed by atoms with E-state index in [1.165, 1.54) is 12.1 Å². The van der Waals surface area contributed by atoms with Gasteiger partial charge in [-0.05, 0) is 51.8 Å². The molecular formula is C20H14BrN5O3. The lowest BCUT2D eigenvalue weighted by atomic mass is 10.1. The van der Waals surface area contributed by atoms with E-state index in [0.29, 0.717) is 17.1 Å². The summed E-state index contributed by atoms with van der Waals surface area (Å²) in [6.45, 7) is 0.281. The van der Waals surface area contributed by atoms with Gasteiger partial charge in [-0.2, -0.15) is 10.4 Å². The highest BCUT2D eigenvalue weighted by atomic mass is 79.9. The lowest BCUT2D eigenvalue weighted by molar-refractivity contribution is -0.385. The highest BCUT2D eigenvalue weighted by Crippen LogP contribution is 2.26. The Hall–Kier alpha value is -3.77. The Morgan fingerprint density at radius 2 is 2.10 bits per heavy atom. The van der Waals surface area contributed by atoms with E-state index in [4.69, 9.17) is 10.00 Å². The molecule has 1 aromatic heterocycles. The summed E-state index contributed by atoms with van der Waals surface area (Å²) in [5, 5.41) is 23.8. The van der Waals surface area contributed by atoms with Crippen molar-refractivity contribution in [2.45, 2.75) is 6.61 Å². The molecule has 8 nitrogen and oxygen atoms in total. The first kappa shape index (κ1) is 20.0. The van der Waals surface area contributed by atoms with Crippen LogP contribution in [0.4, 0.5) is 11.5 Å². The molecule has 1 N–H and O–H groups in total. The molecule has 3 aromatic rings. The Balaban J connectivity index is 1.61. The molecule has 0 spiro atoms. The van der Waals surface area contributed by atoms with E-state index >= 15 is 0 Å². The van der Waals surface area contributed by atoms with Crippen LogP contribution in [0.5, 0.6) is 5.75 Å². The molecule has 0 saturated heterocycles. The smallest absolute Gasteiger partial charge is 0.287 e. The number of nitrogens with one attached hydrogen (secondary N) is 1. The molecule has 0 atom stereocenters. The maximum atomic E-state index is 10.6. The van der Waals surface area contributed by atoms with E-state index in [1.807, 2.05) is 30.3 Å². The third kappa shape index (κ3) is 5.37. The monoisotopic (exact) mass is 451 g/mol. The maximum absolute atomic E-state index is 10.6. The summed E-state index contributed by atoms with van der Waals surface area (Å²) >= 11 is 3.47. The van der Waals surface area contributed by atoms with E-state index in [-0.39, 0.29) is 12.3 Å². The van der Waals surface area contributed by atoms with Crippen molar-refractivity contribution in [3.8, 4) is 11.8 Å². The van der Waals surface area contributed by atoms with Crippen LogP contribution >= 0.6 is 15.9 Å². The number of aromatic nitrogens is 1. The summed E-state index contributed by atoms with van der Waals surface area (Å²) < 4.78 is 6.54. The number of rotatable bonds is 7. The van der Waals surface area contributed by atoms with Crippen LogP contribution in [0.25, 0.3) is 0 Å². The van der Waals surface area contributed by atoms with Crippen molar-refractivity contribution in [2.75, 3.05) is 5.43 Å². The summed E-state index contributed by atoms with van der Waals surface area (Å²) in [4.78, 5) is 14.0. The second-order valence-electron chi connectivity index (χ2n) is 5.78. The van der Waals surface area contributed by atoms with Gasteiger partial charge in [0.05, 0.1) is 27.2 Å². The third-order valence-electron chi connectivity index (χ3n) is 3.83. The standard InChI is InChI=1S/C20H14BrN5O3/c21-18-9-14(11-24-25-20-8-6-17(12-23-20)26(27)28)5-7-19(18)29-13-16-4-2-1-3-15(16)10-22/h1-9,11-12H,13H2,(H,23,25)/b24-11-. The minimum atomic E-state index is -0.514. The second kappa shape index (κ2) is 9.43. The van der Waals surface area contributed by atoms with Gasteiger partial charge in [0, 0.05) is 11.6 Å². The second-order valence-corrected chi connectivity index (χ2v) is 6.63. The van der Waals surface area contributed by atoms with Crippen molar-refractivity contribution < 1.29 is 9.66 Å². The van der Waals surface area contributed by atoms with E-state index in [0.717, 1.165) is 21.8 Å². The maximum Gasteiger partial charge on any atom is 0.287 e. The van der Waals surface area contributed by atoms with Crippen LogP contribution in [-0.4, -0.2) is 16.1 Å². The quantitative estimate of drug-likeness (QED) is 0.317. The Kier molecular flexibility index (Phi) is 6.50. The van der Waals surface area contributed by atoms with Crippen LogP contribution in [0.3, 0.4) is 0 Å². The Bertz CT molecular complexity index is 1090. The first-order valence-corrected chi connectivity index (χ1v) is 9.16. The molecular weight excluding hydrogens is 438 g/mol. The van der Waals surface area contributed by atoms with Crippen molar-refractivity contribution in [3.05, 3.63) is 92.1 Å². The largest absolute Gasteiger partial charge is 0.488 e. The zero-order chi connectivity index (χ0) is 20.6. The number of ether oxygens (including phenoxy) is 1. The molecule has 0 unspecified atom stereocenters. The molecule has 2 aromatic carbocycles. The molecule has 0 saturated carbocycles. The Morgan fingerprint density at radius 1 is 1.28 bits per heavy atom. The first-order valence-electron chi connectivity index (χ1n) is 8.36. The number of nitriles is 1. The number of hydrogen-bond acceptors (Lipinski definition) is 7. The number of benzene rings is 2. The van der Waals surface area contributed by atoms with Gasteiger partial charge in [-0.1, -0.05) is 18.2 Å². The van der Waals surface area contributed by atoms with E-state index in [2.05, 4.69) is 37.5 Å². The van der Waals surface area contributed by atoms with Gasteiger partial charge >= 0.3 is 0 Å². The van der Waals surface area contributed by atoms with Gasteiger partial charge in [0.2, 0.25) is 0 Å². The molecule has 144 valence electrons. The fourth-order valence-electron chi connectivity index (χ4n) is 2.36. The fraction of sp³-hybridized carbons (Fsp3) is 0.0500. The number of pyridine rings is 1. The lowest BCUT2D eigenvalue weighted by Crippen LogP contribution is -1.99. The van der Waals surface area contributed by atoms with Crippen molar-refractivity contribution in [1.82, 2.24) is 4.98 Å². The molecule has 29 heavy (non-hydrogen) atoms. The van der Waals surface area contributed by atoms with Gasteiger partial charge in [0.15, 0.2) is 0 Å². The highest BCUT2D eigenvalue weighted by Gasteiger charge is 2.06. The lowest BCUT2D eigenvalue weighted by Gasteiger charge is -2.10. The molecule has 0 aliphatic rings. The topological polar surface area (TPSA) is 113 Å². The number of anilines is 1. The van der Waals surface area contributed by atoms with Crippen LogP contribution in [0, 0.1) is 21.4 Å². The number of hydrazone groups is 1. The average Bonchev–Trinajstić information content (AvgIpc) is 2.73. The summed E-state index contributed by atoms with van der Waals surface area (Å²) in [5.41, 5.74) is 4.82. The Morgan fingerprint density at radius 3 is 2.79 bits per heavy atom. The van der Waals surface area contributed by atoms with Crippen LogP contribution in [-0.2, 0) is 6.61 Å². The zero-order valence-electron chi connectivity index (χ0n) is 14.9. The number of nitrogens with zero attached hydrogens (tertiary/aromatic N) is 4. The molecule has 0 aliphatic carbocycles. The average molecular weight is 452 g/mol. The van der Waals surface area contributed by atoms with E-state index in [9.17, 15) is 10.1 Å². The van der Waals surface area contributed by atoms with Crippen LogP contribution in [0.15, 0.2) is 70.4 Å². The number of halogens is 1. The number of hydrogen-bond donors (Lipinski definition) is 1. The predicted molar refractivity (Wildman–Crippen MR) is 112 cm³/mol. The predicted octanol–water partition coefficient (Wildman–Crippen LogP) is 4.65. The van der Waals surface area contributed by atoms with Crippen LogP contribution in [0.2, 0.25) is 0 Å². The van der Waals surface area contributed by atoms with Gasteiger partial charge in [0.1, 0.15) is 24.4 Å². The first-order chi connectivity index (χ1) is 14.1. The Labute approximate surface area is 174 Å². The highest BCUT2D eigenvalue weighted by molar-refractivity contribution is 9.10. The summed E-state index contributed by atoms with van der Waals surface area (Å²) in [6, 6.07) is 17.7. The summed E-state index contributed by atoms with van der Waals surface area (Å²) in [7, 11) is 0. The molecule has 9 heteroatoms. The van der Waals surface area contributed by atoms with Gasteiger partial charge in [-0.25, -0.2) is 4.98 Å². The molecule has 0 amide bonds. The minimum absolute atomic E-state index is 0.0866. The summed E-state index contributed by atoms with van der Waals surface area (Å²) in [5.74, 6) is 1.03. The molecule has 0 radical (unpaired) electrons. The molecule has 0 fully saturated rings. The van der Waals surface area contributed by atoms with Gasteiger partial charge < -0.3 is 4.74 Å². The summed E-state index contributed by atoms with van der Waals surface area (Å²) in [6.07, 6.45) is 2.74. The molecule has 0 aliphatic heterocycles. The van der Waals surface area contributed by atoms with Crippen molar-refractivity contribution in [1.29, 1.82) is 5.26 Å². The van der Waals surface area contributed by atoms with Crippen molar-refractivity contribution >= 4 is 33.6 Å². The SMILES string of the molecule is N#Cc1ccccc1COc1ccc(/C=N\Nc2ccc([N+](=O)[O-])cn2)cc1Br. The van der Waals surface area contributed by atoms with Gasteiger partial charge in [0.25, 0.3) is 5.69 Å². The fourth-order valence-corrected chi connectivity index (χ4v) is 2.87. The van der Waals surface area contributed by atoms with Crippen molar-refractivity contribution in [3.63, 3.8) is 0 Å². The van der Waals surface area contributed by atoms with E-state index in [1.54, 1.807) is 18.3 Å². The molecule has 0 bridgehead atoms. The number of nitro groups is 1. The zero-order valence-corrected chi connectivity index (χ0v) is 16.5. The third-order valence-corrected chi connectivity index (χ3v) is 4.45. The molecule has 1 heterocycles. The van der Waals surface area contributed by atoms with Crippen molar-refractivity contribution in [2.24, 2.45) is 5.10 Å². The minimum Gasteiger partial charge on any atom is -0.488 e. The molecule has 3 rings (SSSR count). The van der Waals surface area contributed by atoms with E-state index < -0.39 is 4.92 Å².